The standard InChI is InChI=1S/C29H32N4O3/c1-19(2)26-24-18-36-29(3,4)14-22(24)23(15-30)27(31-26)33-12-11-32(28(34)21-10-13-35-17-21)16-25(33)20-8-6-5-7-9-20/h5-10,13,17,19,25H,11-12,14,16,18H2,1-4H3. The van der Waals surface area contributed by atoms with Gasteiger partial charge in [0.2, 0.25) is 0 Å². The minimum atomic E-state index is -0.347. The van der Waals surface area contributed by atoms with Crippen molar-refractivity contribution in [1.82, 2.24) is 9.88 Å². The van der Waals surface area contributed by atoms with Crippen LogP contribution in [-0.4, -0.2) is 41.0 Å². The SMILES string of the molecule is CC(C)c1nc(N2CCN(C(=O)c3ccoc3)CC2c2ccccc2)c(C#N)c2c1COC(C)(C)C2. The number of ether oxygens (including phenoxy) is 1. The fraction of sp³-hybridized carbons (Fsp3) is 0.414. The molecule has 0 spiro atoms. The molecule has 1 saturated heterocycles. The van der Waals surface area contributed by atoms with Crippen molar-refractivity contribution in [3.8, 4) is 6.07 Å². The molecule has 7 heteroatoms. The predicted molar refractivity (Wildman–Crippen MR) is 137 cm³/mol. The highest BCUT2D eigenvalue weighted by Gasteiger charge is 2.37. The summed E-state index contributed by atoms with van der Waals surface area (Å²) in [6, 6.07) is 14.2. The third kappa shape index (κ3) is 4.38. The van der Waals surface area contributed by atoms with Crippen molar-refractivity contribution in [3.05, 3.63) is 82.4 Å². The van der Waals surface area contributed by atoms with Gasteiger partial charge in [0, 0.05) is 31.6 Å². The van der Waals surface area contributed by atoms with Crippen molar-refractivity contribution in [1.29, 1.82) is 5.26 Å². The number of hydrogen-bond donors (Lipinski definition) is 0. The van der Waals surface area contributed by atoms with Gasteiger partial charge in [-0.2, -0.15) is 5.26 Å². The van der Waals surface area contributed by atoms with E-state index in [0.29, 0.717) is 49.6 Å². The summed E-state index contributed by atoms with van der Waals surface area (Å²) in [7, 11) is 0. The predicted octanol–water partition coefficient (Wildman–Crippen LogP) is 5.22. The lowest BCUT2D eigenvalue weighted by Gasteiger charge is -2.43. The van der Waals surface area contributed by atoms with E-state index in [1.165, 1.54) is 12.5 Å². The van der Waals surface area contributed by atoms with Gasteiger partial charge >= 0.3 is 0 Å². The second kappa shape index (κ2) is 9.44. The summed E-state index contributed by atoms with van der Waals surface area (Å²) in [5.74, 6) is 0.848. The summed E-state index contributed by atoms with van der Waals surface area (Å²) >= 11 is 0. The van der Waals surface area contributed by atoms with Crippen LogP contribution >= 0.6 is 0 Å². The normalized spacial score (nSPS) is 19.2. The van der Waals surface area contributed by atoms with Gasteiger partial charge in [-0.3, -0.25) is 4.79 Å². The van der Waals surface area contributed by atoms with Crippen molar-refractivity contribution < 1.29 is 13.9 Å². The van der Waals surface area contributed by atoms with E-state index < -0.39 is 0 Å². The first-order valence-corrected chi connectivity index (χ1v) is 12.5. The molecule has 2 aromatic heterocycles. The number of benzene rings is 1. The van der Waals surface area contributed by atoms with Gasteiger partial charge in [-0.15, -0.1) is 0 Å². The molecule has 0 radical (unpaired) electrons. The van der Waals surface area contributed by atoms with E-state index in [1.807, 2.05) is 23.1 Å². The quantitative estimate of drug-likeness (QED) is 0.505. The molecule has 1 atom stereocenters. The maximum atomic E-state index is 13.2. The van der Waals surface area contributed by atoms with Crippen LogP contribution in [-0.2, 0) is 17.8 Å². The molecule has 1 unspecified atom stereocenters. The Balaban J connectivity index is 1.61. The zero-order valence-electron chi connectivity index (χ0n) is 21.3. The third-order valence-electron chi connectivity index (χ3n) is 7.19. The van der Waals surface area contributed by atoms with Crippen LogP contribution in [0.15, 0.2) is 53.3 Å². The molecule has 186 valence electrons. The van der Waals surface area contributed by atoms with Gasteiger partial charge < -0.3 is 19.0 Å². The Morgan fingerprint density at radius 1 is 1.17 bits per heavy atom. The number of piperazine rings is 1. The second-order valence-corrected chi connectivity index (χ2v) is 10.5. The molecule has 36 heavy (non-hydrogen) atoms. The molecule has 0 bridgehead atoms. The number of rotatable bonds is 4. The molecule has 2 aliphatic rings. The Labute approximate surface area is 212 Å². The molecule has 1 fully saturated rings. The molecule has 1 aromatic carbocycles. The monoisotopic (exact) mass is 484 g/mol. The molecular weight excluding hydrogens is 452 g/mol. The minimum Gasteiger partial charge on any atom is -0.472 e. The van der Waals surface area contributed by atoms with Crippen LogP contribution in [0.5, 0.6) is 0 Å². The smallest absolute Gasteiger partial charge is 0.257 e. The van der Waals surface area contributed by atoms with Crippen molar-refractivity contribution in [3.63, 3.8) is 0 Å². The molecule has 0 aliphatic carbocycles. The maximum absolute atomic E-state index is 13.2. The largest absolute Gasteiger partial charge is 0.472 e. The van der Waals surface area contributed by atoms with Gasteiger partial charge in [0.15, 0.2) is 0 Å². The number of aromatic nitrogens is 1. The van der Waals surface area contributed by atoms with Crippen molar-refractivity contribution in [2.75, 3.05) is 24.5 Å². The fourth-order valence-electron chi connectivity index (χ4n) is 5.33. The Hall–Kier alpha value is -3.63. The van der Waals surface area contributed by atoms with Crippen LogP contribution in [0, 0.1) is 11.3 Å². The summed E-state index contributed by atoms with van der Waals surface area (Å²) in [5.41, 5.74) is 4.99. The van der Waals surface area contributed by atoms with E-state index in [-0.39, 0.29) is 23.5 Å². The van der Waals surface area contributed by atoms with Gasteiger partial charge in [-0.1, -0.05) is 44.2 Å². The molecule has 5 rings (SSSR count). The molecule has 0 N–H and O–H groups in total. The number of furan rings is 1. The minimum absolute atomic E-state index is 0.0509. The van der Waals surface area contributed by atoms with E-state index in [1.54, 1.807) is 6.07 Å². The molecule has 3 aromatic rings. The van der Waals surface area contributed by atoms with Crippen LogP contribution in [0.2, 0.25) is 0 Å². The fourth-order valence-corrected chi connectivity index (χ4v) is 5.33. The number of amides is 1. The average Bonchev–Trinajstić information content (AvgIpc) is 3.42. The number of carbonyl (C=O) groups is 1. The summed E-state index contributed by atoms with van der Waals surface area (Å²) in [6.45, 7) is 10.5. The first-order chi connectivity index (χ1) is 17.3. The summed E-state index contributed by atoms with van der Waals surface area (Å²) in [5, 5.41) is 10.4. The number of anilines is 1. The van der Waals surface area contributed by atoms with E-state index in [4.69, 9.17) is 14.1 Å². The van der Waals surface area contributed by atoms with Crippen LogP contribution < -0.4 is 4.90 Å². The molecule has 7 nitrogen and oxygen atoms in total. The highest BCUT2D eigenvalue weighted by Crippen LogP contribution is 2.40. The maximum Gasteiger partial charge on any atom is 0.257 e. The number of nitrogens with zero attached hydrogens (tertiary/aromatic N) is 4. The van der Waals surface area contributed by atoms with Crippen molar-refractivity contribution >= 4 is 11.7 Å². The van der Waals surface area contributed by atoms with E-state index in [0.717, 1.165) is 22.4 Å². The van der Waals surface area contributed by atoms with Crippen LogP contribution in [0.3, 0.4) is 0 Å². The van der Waals surface area contributed by atoms with E-state index in [2.05, 4.69) is 50.8 Å². The lowest BCUT2D eigenvalue weighted by molar-refractivity contribution is -0.0408. The van der Waals surface area contributed by atoms with E-state index in [9.17, 15) is 10.1 Å². The molecule has 2 aliphatic heterocycles. The van der Waals surface area contributed by atoms with Crippen molar-refractivity contribution in [2.45, 2.75) is 58.3 Å². The van der Waals surface area contributed by atoms with Gasteiger partial charge in [-0.25, -0.2) is 4.98 Å². The van der Waals surface area contributed by atoms with Crippen molar-refractivity contribution in [2.24, 2.45) is 0 Å². The number of fused-ring (bicyclic) bond motifs is 1. The number of hydrogen-bond acceptors (Lipinski definition) is 6. The first kappa shape index (κ1) is 24.1. The van der Waals surface area contributed by atoms with E-state index >= 15 is 0 Å². The summed E-state index contributed by atoms with van der Waals surface area (Å²) in [6.07, 6.45) is 3.67. The Kier molecular flexibility index (Phi) is 6.31. The Morgan fingerprint density at radius 2 is 1.94 bits per heavy atom. The summed E-state index contributed by atoms with van der Waals surface area (Å²) in [4.78, 5) is 22.4. The van der Waals surface area contributed by atoms with Gasteiger partial charge in [-0.05, 0) is 37.0 Å². The lowest BCUT2D eigenvalue weighted by Crippen LogP contribution is -2.51. The summed E-state index contributed by atoms with van der Waals surface area (Å²) < 4.78 is 11.3. The second-order valence-electron chi connectivity index (χ2n) is 10.5. The van der Waals surface area contributed by atoms with Crippen LogP contribution in [0.25, 0.3) is 0 Å². The molecule has 4 heterocycles. The number of pyridine rings is 1. The van der Waals surface area contributed by atoms with Gasteiger partial charge in [0.25, 0.3) is 5.91 Å². The highest BCUT2D eigenvalue weighted by atomic mass is 16.5. The first-order valence-electron chi connectivity index (χ1n) is 12.5. The Bertz CT molecular complexity index is 1290. The van der Waals surface area contributed by atoms with Gasteiger partial charge in [0.1, 0.15) is 18.2 Å². The topological polar surface area (TPSA) is 82.6 Å². The zero-order chi connectivity index (χ0) is 25.4. The number of carbonyl (C=O) groups excluding carboxylic acids is 1. The molecule has 0 saturated carbocycles. The third-order valence-corrected chi connectivity index (χ3v) is 7.19. The van der Waals surface area contributed by atoms with Crippen LogP contribution in [0.1, 0.15) is 78.0 Å². The number of nitriles is 1. The average molecular weight is 485 g/mol. The Morgan fingerprint density at radius 3 is 2.61 bits per heavy atom. The van der Waals surface area contributed by atoms with Crippen LogP contribution in [0.4, 0.5) is 5.82 Å². The highest BCUT2D eigenvalue weighted by molar-refractivity contribution is 5.94. The molecule has 1 amide bonds. The molecular formula is C29H32N4O3. The van der Waals surface area contributed by atoms with Gasteiger partial charge in [0.05, 0.1) is 41.3 Å². The zero-order valence-corrected chi connectivity index (χ0v) is 21.3. The lowest BCUT2D eigenvalue weighted by atomic mass is 9.86.